The molecule has 0 spiro atoms. The summed E-state index contributed by atoms with van der Waals surface area (Å²) in [5.74, 6) is 2.68. The second-order valence-corrected chi connectivity index (χ2v) is 7.28. The van der Waals surface area contributed by atoms with Gasteiger partial charge < -0.3 is 25.2 Å². The quantitative estimate of drug-likeness (QED) is 0.298. The zero-order chi connectivity index (χ0) is 21.9. The van der Waals surface area contributed by atoms with E-state index < -0.39 is 0 Å². The van der Waals surface area contributed by atoms with Crippen LogP contribution in [0.4, 0.5) is 5.82 Å². The number of aromatic nitrogens is 1. The number of rotatable bonds is 8. The molecule has 0 saturated carbocycles. The molecule has 0 atom stereocenters. The first-order valence-electron chi connectivity index (χ1n) is 10.8. The lowest BCUT2D eigenvalue weighted by Gasteiger charge is -2.35. The van der Waals surface area contributed by atoms with Gasteiger partial charge in [0.05, 0.1) is 13.7 Å². The van der Waals surface area contributed by atoms with Crippen molar-refractivity contribution < 1.29 is 9.53 Å². The molecule has 1 aliphatic rings. The van der Waals surface area contributed by atoms with Crippen molar-refractivity contribution in [3.63, 3.8) is 0 Å². The van der Waals surface area contributed by atoms with Crippen LogP contribution in [0.1, 0.15) is 18.9 Å². The molecule has 1 saturated heterocycles. The fraction of sp³-hybridized carbons (Fsp3) is 0.435. The van der Waals surface area contributed by atoms with Gasteiger partial charge in [-0.15, -0.1) is 24.0 Å². The van der Waals surface area contributed by atoms with Crippen molar-refractivity contribution in [2.75, 3.05) is 51.3 Å². The summed E-state index contributed by atoms with van der Waals surface area (Å²) in [6, 6.07) is 13.8. The smallest absolute Gasteiger partial charge is 0.224 e. The zero-order valence-corrected chi connectivity index (χ0v) is 21.1. The fourth-order valence-corrected chi connectivity index (χ4v) is 3.41. The number of benzene rings is 1. The summed E-state index contributed by atoms with van der Waals surface area (Å²) >= 11 is 0. The SMILES string of the molecule is CCNC(=NCc1ccc(OC)cc1)NCCC(=O)N1CCN(c2ccccn2)CC1.I. The Kier molecular flexibility index (Phi) is 11.1. The van der Waals surface area contributed by atoms with E-state index in [-0.39, 0.29) is 29.9 Å². The number of nitrogens with one attached hydrogen (secondary N) is 2. The molecular weight excluding hydrogens is 519 g/mol. The average Bonchev–Trinajstić information content (AvgIpc) is 2.83. The number of carbonyl (C=O) groups is 1. The summed E-state index contributed by atoms with van der Waals surface area (Å²) in [5.41, 5.74) is 1.10. The van der Waals surface area contributed by atoms with Crippen molar-refractivity contribution in [3.05, 3.63) is 54.2 Å². The predicted molar refractivity (Wildman–Crippen MR) is 139 cm³/mol. The molecular formula is C23H33IN6O2. The van der Waals surface area contributed by atoms with Crippen LogP contribution >= 0.6 is 24.0 Å². The summed E-state index contributed by atoms with van der Waals surface area (Å²) < 4.78 is 5.19. The van der Waals surface area contributed by atoms with Gasteiger partial charge in [0.25, 0.3) is 0 Å². The molecule has 9 heteroatoms. The number of anilines is 1. The minimum atomic E-state index is 0. The van der Waals surface area contributed by atoms with E-state index in [1.807, 2.05) is 54.3 Å². The fourth-order valence-electron chi connectivity index (χ4n) is 3.41. The van der Waals surface area contributed by atoms with Gasteiger partial charge in [-0.1, -0.05) is 18.2 Å². The van der Waals surface area contributed by atoms with E-state index in [1.54, 1.807) is 13.3 Å². The van der Waals surface area contributed by atoms with Crippen LogP contribution < -0.4 is 20.3 Å². The van der Waals surface area contributed by atoms with E-state index in [9.17, 15) is 4.79 Å². The summed E-state index contributed by atoms with van der Waals surface area (Å²) in [7, 11) is 1.65. The Hall–Kier alpha value is -2.56. The van der Waals surface area contributed by atoms with Gasteiger partial charge in [-0.05, 0) is 36.8 Å². The minimum absolute atomic E-state index is 0. The molecule has 0 radical (unpaired) electrons. The van der Waals surface area contributed by atoms with Crippen molar-refractivity contribution in [1.82, 2.24) is 20.5 Å². The minimum Gasteiger partial charge on any atom is -0.497 e. The van der Waals surface area contributed by atoms with E-state index in [4.69, 9.17) is 4.74 Å². The summed E-state index contributed by atoms with van der Waals surface area (Å²) in [6.07, 6.45) is 2.24. The highest BCUT2D eigenvalue weighted by molar-refractivity contribution is 14.0. The largest absolute Gasteiger partial charge is 0.497 e. The van der Waals surface area contributed by atoms with Crippen LogP contribution in [0.25, 0.3) is 0 Å². The van der Waals surface area contributed by atoms with Gasteiger partial charge in [0.1, 0.15) is 11.6 Å². The lowest BCUT2D eigenvalue weighted by atomic mass is 10.2. The van der Waals surface area contributed by atoms with Gasteiger partial charge in [0, 0.05) is 51.9 Å². The number of nitrogens with zero attached hydrogens (tertiary/aromatic N) is 4. The summed E-state index contributed by atoms with van der Waals surface area (Å²) in [4.78, 5) is 25.8. The van der Waals surface area contributed by atoms with Gasteiger partial charge in [-0.3, -0.25) is 4.79 Å². The Labute approximate surface area is 207 Å². The number of pyridine rings is 1. The normalized spacial score (nSPS) is 13.9. The molecule has 2 heterocycles. The Balaban J connectivity index is 0.00000363. The second kappa shape index (κ2) is 13.8. The van der Waals surface area contributed by atoms with Crippen molar-refractivity contribution >= 4 is 41.7 Å². The van der Waals surface area contributed by atoms with E-state index in [0.717, 1.165) is 49.9 Å². The number of aliphatic imine (C=N–C) groups is 1. The van der Waals surface area contributed by atoms with Gasteiger partial charge >= 0.3 is 0 Å². The summed E-state index contributed by atoms with van der Waals surface area (Å²) in [5, 5.41) is 6.49. The highest BCUT2D eigenvalue weighted by atomic mass is 127. The van der Waals surface area contributed by atoms with Gasteiger partial charge in [0.15, 0.2) is 5.96 Å². The monoisotopic (exact) mass is 552 g/mol. The molecule has 174 valence electrons. The van der Waals surface area contributed by atoms with E-state index >= 15 is 0 Å². The van der Waals surface area contributed by atoms with E-state index in [1.165, 1.54) is 0 Å². The molecule has 2 aromatic rings. The van der Waals surface area contributed by atoms with Crippen LogP contribution in [0.3, 0.4) is 0 Å². The van der Waals surface area contributed by atoms with Crippen molar-refractivity contribution in [3.8, 4) is 5.75 Å². The molecule has 1 aromatic heterocycles. The molecule has 0 aliphatic carbocycles. The van der Waals surface area contributed by atoms with Crippen LogP contribution in [0.5, 0.6) is 5.75 Å². The lowest BCUT2D eigenvalue weighted by Crippen LogP contribution is -2.49. The number of halogens is 1. The predicted octanol–water partition coefficient (Wildman–Crippen LogP) is 2.50. The lowest BCUT2D eigenvalue weighted by molar-refractivity contribution is -0.131. The van der Waals surface area contributed by atoms with Crippen LogP contribution in [-0.2, 0) is 11.3 Å². The van der Waals surface area contributed by atoms with Gasteiger partial charge in [0.2, 0.25) is 5.91 Å². The van der Waals surface area contributed by atoms with Crippen molar-refractivity contribution in [2.24, 2.45) is 4.99 Å². The Morgan fingerprint density at radius 3 is 2.47 bits per heavy atom. The van der Waals surface area contributed by atoms with Crippen LogP contribution in [0.15, 0.2) is 53.7 Å². The molecule has 1 aromatic carbocycles. The highest BCUT2D eigenvalue weighted by Crippen LogP contribution is 2.13. The first-order valence-corrected chi connectivity index (χ1v) is 10.8. The van der Waals surface area contributed by atoms with Crippen molar-refractivity contribution in [2.45, 2.75) is 19.9 Å². The Morgan fingerprint density at radius 1 is 1.09 bits per heavy atom. The first-order chi connectivity index (χ1) is 15.2. The Bertz CT molecular complexity index is 839. The number of ether oxygens (including phenoxy) is 1. The maximum absolute atomic E-state index is 12.6. The van der Waals surface area contributed by atoms with Crippen molar-refractivity contribution in [1.29, 1.82) is 0 Å². The molecule has 0 unspecified atom stereocenters. The molecule has 0 bridgehead atoms. The van der Waals surface area contributed by atoms with Crippen LogP contribution in [0.2, 0.25) is 0 Å². The van der Waals surface area contributed by atoms with Crippen LogP contribution in [-0.4, -0.2) is 68.1 Å². The van der Waals surface area contributed by atoms with Gasteiger partial charge in [-0.25, -0.2) is 9.98 Å². The molecule has 1 amide bonds. The third-order valence-corrected chi connectivity index (χ3v) is 5.16. The molecule has 32 heavy (non-hydrogen) atoms. The maximum atomic E-state index is 12.6. The first kappa shape index (κ1) is 25.7. The number of hydrogen-bond donors (Lipinski definition) is 2. The van der Waals surface area contributed by atoms with E-state index in [2.05, 4.69) is 25.5 Å². The molecule has 3 rings (SSSR count). The third kappa shape index (κ3) is 7.85. The van der Waals surface area contributed by atoms with Gasteiger partial charge in [-0.2, -0.15) is 0 Å². The zero-order valence-electron chi connectivity index (χ0n) is 18.8. The molecule has 1 fully saturated rings. The number of hydrogen-bond acceptors (Lipinski definition) is 5. The third-order valence-electron chi connectivity index (χ3n) is 5.16. The molecule has 2 N–H and O–H groups in total. The Morgan fingerprint density at radius 2 is 1.84 bits per heavy atom. The second-order valence-electron chi connectivity index (χ2n) is 7.28. The number of amides is 1. The number of guanidine groups is 1. The number of carbonyl (C=O) groups excluding carboxylic acids is 1. The van der Waals surface area contributed by atoms with Crippen LogP contribution in [0, 0.1) is 0 Å². The number of methoxy groups -OCH3 is 1. The average molecular weight is 552 g/mol. The topological polar surface area (TPSA) is 82.1 Å². The summed E-state index contributed by atoms with van der Waals surface area (Å²) in [6.45, 7) is 6.96. The molecule has 1 aliphatic heterocycles. The maximum Gasteiger partial charge on any atom is 0.224 e. The van der Waals surface area contributed by atoms with E-state index in [0.29, 0.717) is 25.5 Å². The highest BCUT2D eigenvalue weighted by Gasteiger charge is 2.21. The standard InChI is InChI=1S/C23H32N6O2.HI/c1-3-24-23(27-18-19-7-9-20(31-2)10-8-19)26-13-11-22(30)29-16-14-28(15-17-29)21-6-4-5-12-25-21;/h4-10,12H,3,11,13-18H2,1-2H3,(H2,24,26,27);1H. The number of piperazine rings is 1. The molecule has 8 nitrogen and oxygen atoms in total.